The molecule has 0 saturated heterocycles. The second kappa shape index (κ2) is 6.71. The molecule has 0 amide bonds. The van der Waals surface area contributed by atoms with Gasteiger partial charge in [0.15, 0.2) is 0 Å². The van der Waals surface area contributed by atoms with Crippen molar-refractivity contribution in [3.63, 3.8) is 0 Å². The van der Waals surface area contributed by atoms with Crippen molar-refractivity contribution in [2.24, 2.45) is 0 Å². The number of halogens is 1. The van der Waals surface area contributed by atoms with E-state index in [4.69, 9.17) is 4.74 Å². The molecule has 1 aromatic carbocycles. The summed E-state index contributed by atoms with van der Waals surface area (Å²) in [5.74, 6) is 0.917. The Labute approximate surface area is 106 Å². The average Bonchev–Trinajstić information content (AvgIpc) is 2.25. The van der Waals surface area contributed by atoms with Gasteiger partial charge in [0.2, 0.25) is 0 Å². The Hall–Kier alpha value is -0.800. The highest BCUT2D eigenvalue weighted by Crippen LogP contribution is 2.22. The van der Waals surface area contributed by atoms with Crippen LogP contribution in [0.25, 0.3) is 0 Å². The van der Waals surface area contributed by atoms with Crippen LogP contribution < -0.4 is 10.1 Å². The van der Waals surface area contributed by atoms with Gasteiger partial charge in [-0.1, -0.05) is 29.4 Å². The van der Waals surface area contributed by atoms with Gasteiger partial charge in [-0.15, -0.1) is 0 Å². The van der Waals surface area contributed by atoms with Crippen molar-refractivity contribution in [3.8, 4) is 5.75 Å². The van der Waals surface area contributed by atoms with E-state index in [2.05, 4.69) is 34.7 Å². The number of likely N-dealkylation sites (N-methyl/N-ethyl adjacent to an activating group) is 1. The predicted octanol–water partition coefficient (Wildman–Crippen LogP) is 3.30. The molecule has 88 valence electrons. The Kier molecular flexibility index (Phi) is 5.56. The number of nitrogens with one attached hydrogen (secondary N) is 1. The minimum absolute atomic E-state index is 0.565. The molecule has 0 radical (unpaired) electrons. The lowest BCUT2D eigenvalue weighted by Crippen LogP contribution is -2.18. The number of hydrogen-bond acceptors (Lipinski definition) is 2. The van der Waals surface area contributed by atoms with Crippen molar-refractivity contribution in [3.05, 3.63) is 40.4 Å². The first kappa shape index (κ1) is 13.3. The van der Waals surface area contributed by atoms with E-state index in [-0.39, 0.29) is 0 Å². The molecule has 0 atom stereocenters. The van der Waals surface area contributed by atoms with Gasteiger partial charge in [-0.2, -0.15) is 0 Å². The normalized spacial score (nSPS) is 10.2. The van der Waals surface area contributed by atoms with Crippen LogP contribution >= 0.6 is 15.9 Å². The molecule has 0 heterocycles. The summed E-state index contributed by atoms with van der Waals surface area (Å²) in [6.07, 6.45) is 0. The molecule has 1 aromatic rings. The van der Waals surface area contributed by atoms with E-state index in [0.29, 0.717) is 6.61 Å². The standard InChI is InChI=1S/C13H18BrNO/c1-4-15-8-10(2)9-16-13-6-5-12(14)7-11(13)3/h5-7,15H,2,4,8-9H2,1,3H3. The fraction of sp³-hybridized carbons (Fsp3) is 0.385. The summed E-state index contributed by atoms with van der Waals surface area (Å²) in [7, 11) is 0. The highest BCUT2D eigenvalue weighted by Gasteiger charge is 2.01. The molecular formula is C13H18BrNO. The van der Waals surface area contributed by atoms with Crippen LogP contribution in [-0.4, -0.2) is 19.7 Å². The largest absolute Gasteiger partial charge is 0.489 e. The Bertz CT molecular complexity index is 363. The van der Waals surface area contributed by atoms with Gasteiger partial charge in [0, 0.05) is 11.0 Å². The molecule has 0 fully saturated rings. The zero-order chi connectivity index (χ0) is 12.0. The quantitative estimate of drug-likeness (QED) is 0.809. The van der Waals surface area contributed by atoms with Crippen molar-refractivity contribution >= 4 is 15.9 Å². The van der Waals surface area contributed by atoms with E-state index in [1.807, 2.05) is 25.1 Å². The first-order valence-electron chi connectivity index (χ1n) is 5.39. The summed E-state index contributed by atoms with van der Waals surface area (Å²) in [5.41, 5.74) is 2.19. The van der Waals surface area contributed by atoms with Gasteiger partial charge in [-0.05, 0) is 42.8 Å². The molecule has 0 spiro atoms. The molecule has 0 saturated carbocycles. The highest BCUT2D eigenvalue weighted by molar-refractivity contribution is 9.10. The zero-order valence-corrected chi connectivity index (χ0v) is 11.4. The molecule has 0 aliphatic heterocycles. The van der Waals surface area contributed by atoms with Crippen molar-refractivity contribution < 1.29 is 4.74 Å². The van der Waals surface area contributed by atoms with Crippen LogP contribution in [0.5, 0.6) is 5.75 Å². The Morgan fingerprint density at radius 3 is 2.88 bits per heavy atom. The monoisotopic (exact) mass is 283 g/mol. The third kappa shape index (κ3) is 4.37. The van der Waals surface area contributed by atoms with Crippen molar-refractivity contribution in [1.29, 1.82) is 0 Å². The van der Waals surface area contributed by atoms with Gasteiger partial charge in [0.05, 0.1) is 0 Å². The van der Waals surface area contributed by atoms with Gasteiger partial charge in [0.1, 0.15) is 12.4 Å². The van der Waals surface area contributed by atoms with Crippen LogP contribution in [0.15, 0.2) is 34.8 Å². The number of hydrogen-bond donors (Lipinski definition) is 1. The SMILES string of the molecule is C=C(CNCC)COc1ccc(Br)cc1C. The van der Waals surface area contributed by atoms with Crippen LogP contribution in [0.3, 0.4) is 0 Å². The third-order valence-corrected chi connectivity index (χ3v) is 2.69. The fourth-order valence-corrected chi connectivity index (χ4v) is 1.78. The van der Waals surface area contributed by atoms with Crippen LogP contribution in [0.4, 0.5) is 0 Å². The van der Waals surface area contributed by atoms with E-state index >= 15 is 0 Å². The molecule has 3 heteroatoms. The Morgan fingerprint density at radius 2 is 2.25 bits per heavy atom. The summed E-state index contributed by atoms with van der Waals surface area (Å²) in [6.45, 7) is 10.4. The second-order valence-corrected chi connectivity index (χ2v) is 4.64. The van der Waals surface area contributed by atoms with Crippen molar-refractivity contribution in [1.82, 2.24) is 5.32 Å². The van der Waals surface area contributed by atoms with Gasteiger partial charge in [-0.3, -0.25) is 0 Å². The highest BCUT2D eigenvalue weighted by atomic mass is 79.9. The Morgan fingerprint density at radius 1 is 1.50 bits per heavy atom. The van der Waals surface area contributed by atoms with Crippen molar-refractivity contribution in [2.75, 3.05) is 19.7 Å². The summed E-state index contributed by atoms with van der Waals surface area (Å²) in [4.78, 5) is 0. The number of benzene rings is 1. The van der Waals surface area contributed by atoms with Crippen LogP contribution in [0, 0.1) is 6.92 Å². The van der Waals surface area contributed by atoms with Crippen molar-refractivity contribution in [2.45, 2.75) is 13.8 Å². The van der Waals surface area contributed by atoms with Gasteiger partial charge < -0.3 is 10.1 Å². The maximum Gasteiger partial charge on any atom is 0.122 e. The summed E-state index contributed by atoms with van der Waals surface area (Å²) in [6, 6.07) is 6.00. The first-order chi connectivity index (χ1) is 7.63. The third-order valence-electron chi connectivity index (χ3n) is 2.19. The lowest BCUT2D eigenvalue weighted by Gasteiger charge is -2.11. The number of rotatable bonds is 6. The van der Waals surface area contributed by atoms with Crippen LogP contribution in [0.1, 0.15) is 12.5 Å². The summed E-state index contributed by atoms with van der Waals surface area (Å²) >= 11 is 3.43. The van der Waals surface area contributed by atoms with Gasteiger partial charge >= 0.3 is 0 Å². The predicted molar refractivity (Wildman–Crippen MR) is 72.1 cm³/mol. The molecule has 0 aromatic heterocycles. The maximum absolute atomic E-state index is 5.69. The molecule has 0 aliphatic carbocycles. The summed E-state index contributed by atoms with van der Waals surface area (Å²) in [5, 5.41) is 3.22. The lowest BCUT2D eigenvalue weighted by molar-refractivity contribution is 0.346. The average molecular weight is 284 g/mol. The molecule has 2 nitrogen and oxygen atoms in total. The molecule has 1 N–H and O–H groups in total. The van der Waals surface area contributed by atoms with E-state index in [1.54, 1.807) is 0 Å². The van der Waals surface area contributed by atoms with Crippen LogP contribution in [0.2, 0.25) is 0 Å². The lowest BCUT2D eigenvalue weighted by atomic mass is 10.2. The zero-order valence-electron chi connectivity index (χ0n) is 9.85. The maximum atomic E-state index is 5.69. The molecule has 0 unspecified atom stereocenters. The molecule has 0 bridgehead atoms. The van der Waals surface area contributed by atoms with E-state index in [9.17, 15) is 0 Å². The summed E-state index contributed by atoms with van der Waals surface area (Å²) < 4.78 is 6.76. The van der Waals surface area contributed by atoms with E-state index in [0.717, 1.165) is 34.4 Å². The smallest absolute Gasteiger partial charge is 0.122 e. The molecular weight excluding hydrogens is 266 g/mol. The van der Waals surface area contributed by atoms with E-state index < -0.39 is 0 Å². The van der Waals surface area contributed by atoms with E-state index in [1.165, 1.54) is 0 Å². The minimum Gasteiger partial charge on any atom is -0.489 e. The minimum atomic E-state index is 0.565. The number of ether oxygens (including phenoxy) is 1. The molecule has 0 aliphatic rings. The number of aryl methyl sites for hydroxylation is 1. The Balaban J connectivity index is 2.45. The molecule has 16 heavy (non-hydrogen) atoms. The first-order valence-corrected chi connectivity index (χ1v) is 6.19. The van der Waals surface area contributed by atoms with Gasteiger partial charge in [0.25, 0.3) is 0 Å². The molecule has 1 rings (SSSR count). The van der Waals surface area contributed by atoms with Crippen LogP contribution in [-0.2, 0) is 0 Å². The topological polar surface area (TPSA) is 21.3 Å². The van der Waals surface area contributed by atoms with Gasteiger partial charge in [-0.25, -0.2) is 0 Å². The second-order valence-electron chi connectivity index (χ2n) is 3.73. The fourth-order valence-electron chi connectivity index (χ4n) is 1.31.